The molecule has 0 heterocycles. The van der Waals surface area contributed by atoms with Crippen LogP contribution < -0.4 is 4.74 Å². The van der Waals surface area contributed by atoms with Gasteiger partial charge in [0.15, 0.2) is 0 Å². The first-order valence-corrected chi connectivity index (χ1v) is 7.57. The van der Waals surface area contributed by atoms with Gasteiger partial charge in [-0.15, -0.1) is 16.9 Å². The fourth-order valence-corrected chi connectivity index (χ4v) is 2.75. The highest BCUT2D eigenvalue weighted by Gasteiger charge is 2.05. The molecule has 0 saturated carbocycles. The molecule has 104 valence electrons. The third kappa shape index (κ3) is 3.39. The summed E-state index contributed by atoms with van der Waals surface area (Å²) in [4.78, 5) is 1.17. The SMILES string of the molecule is COc1cccc(N=Nc2cc(C)cc(C)c2SC)c1. The van der Waals surface area contributed by atoms with Gasteiger partial charge in [-0.1, -0.05) is 12.1 Å². The fourth-order valence-electron chi connectivity index (χ4n) is 2.06. The monoisotopic (exact) mass is 286 g/mol. The molecule has 0 amide bonds. The van der Waals surface area contributed by atoms with Crippen LogP contribution in [0.5, 0.6) is 5.75 Å². The number of methoxy groups -OCH3 is 1. The Morgan fingerprint density at radius 1 is 1.05 bits per heavy atom. The van der Waals surface area contributed by atoms with Crippen molar-refractivity contribution >= 4 is 23.1 Å². The van der Waals surface area contributed by atoms with Gasteiger partial charge in [-0.3, -0.25) is 0 Å². The van der Waals surface area contributed by atoms with E-state index in [0.29, 0.717) is 0 Å². The quantitative estimate of drug-likeness (QED) is 0.553. The molecule has 4 heteroatoms. The molecule has 0 fully saturated rings. The molecular weight excluding hydrogens is 268 g/mol. The van der Waals surface area contributed by atoms with Crippen molar-refractivity contribution in [2.24, 2.45) is 10.2 Å². The number of azo groups is 1. The van der Waals surface area contributed by atoms with E-state index >= 15 is 0 Å². The van der Waals surface area contributed by atoms with Gasteiger partial charge in [0.05, 0.1) is 18.5 Å². The van der Waals surface area contributed by atoms with E-state index in [1.165, 1.54) is 16.0 Å². The average Bonchev–Trinajstić information content (AvgIpc) is 2.45. The lowest BCUT2D eigenvalue weighted by Gasteiger charge is -2.07. The van der Waals surface area contributed by atoms with Gasteiger partial charge in [0.2, 0.25) is 0 Å². The van der Waals surface area contributed by atoms with Crippen LogP contribution in [-0.4, -0.2) is 13.4 Å². The summed E-state index contributed by atoms with van der Waals surface area (Å²) in [6, 6.07) is 11.8. The minimum absolute atomic E-state index is 0.784. The van der Waals surface area contributed by atoms with Crippen molar-refractivity contribution in [1.29, 1.82) is 0 Å². The maximum absolute atomic E-state index is 5.18. The molecule has 2 rings (SSSR count). The molecule has 2 aromatic rings. The molecule has 0 atom stereocenters. The zero-order valence-corrected chi connectivity index (χ0v) is 13.0. The summed E-state index contributed by atoms with van der Waals surface area (Å²) in [6.45, 7) is 4.17. The summed E-state index contributed by atoms with van der Waals surface area (Å²) >= 11 is 1.70. The van der Waals surface area contributed by atoms with E-state index in [2.05, 4.69) is 42.5 Å². The number of rotatable bonds is 4. The zero-order chi connectivity index (χ0) is 14.5. The molecule has 0 unspecified atom stereocenters. The molecule has 0 N–H and O–H groups in total. The lowest BCUT2D eigenvalue weighted by Crippen LogP contribution is -1.83. The van der Waals surface area contributed by atoms with Crippen molar-refractivity contribution in [2.45, 2.75) is 18.7 Å². The Bertz CT molecular complexity index is 638. The first-order chi connectivity index (χ1) is 9.63. The van der Waals surface area contributed by atoms with Gasteiger partial charge in [-0.2, -0.15) is 5.11 Å². The molecule has 0 saturated heterocycles. The lowest BCUT2D eigenvalue weighted by molar-refractivity contribution is 0.415. The minimum atomic E-state index is 0.784. The topological polar surface area (TPSA) is 34.0 Å². The van der Waals surface area contributed by atoms with Crippen molar-refractivity contribution in [1.82, 2.24) is 0 Å². The van der Waals surface area contributed by atoms with Crippen molar-refractivity contribution in [2.75, 3.05) is 13.4 Å². The summed E-state index contributed by atoms with van der Waals surface area (Å²) in [5.74, 6) is 0.784. The van der Waals surface area contributed by atoms with Crippen LogP contribution in [0.3, 0.4) is 0 Å². The van der Waals surface area contributed by atoms with Crippen molar-refractivity contribution in [3.05, 3.63) is 47.5 Å². The maximum atomic E-state index is 5.18. The highest BCUT2D eigenvalue weighted by molar-refractivity contribution is 7.98. The maximum Gasteiger partial charge on any atom is 0.121 e. The Hall–Kier alpha value is -1.81. The Morgan fingerprint density at radius 2 is 1.85 bits per heavy atom. The van der Waals surface area contributed by atoms with Crippen LogP contribution in [0.25, 0.3) is 0 Å². The van der Waals surface area contributed by atoms with Crippen LogP contribution in [0.2, 0.25) is 0 Å². The van der Waals surface area contributed by atoms with E-state index in [9.17, 15) is 0 Å². The first kappa shape index (κ1) is 14.6. The molecule has 0 aliphatic heterocycles. The van der Waals surface area contributed by atoms with Crippen LogP contribution in [0.4, 0.5) is 11.4 Å². The molecule has 0 aliphatic rings. The predicted octanol–water partition coefficient (Wildman–Crippen LogP) is 5.45. The molecule has 0 aromatic heterocycles. The van der Waals surface area contributed by atoms with Crippen LogP contribution in [0.15, 0.2) is 51.5 Å². The van der Waals surface area contributed by atoms with Crippen LogP contribution in [0.1, 0.15) is 11.1 Å². The zero-order valence-electron chi connectivity index (χ0n) is 12.2. The van der Waals surface area contributed by atoms with Gasteiger partial charge in [-0.05, 0) is 49.4 Å². The normalized spacial score (nSPS) is 11.0. The number of ether oxygens (including phenoxy) is 1. The van der Waals surface area contributed by atoms with Crippen molar-refractivity contribution in [3.8, 4) is 5.75 Å². The number of hydrogen-bond acceptors (Lipinski definition) is 4. The Labute approximate surface area is 124 Å². The summed E-state index contributed by atoms with van der Waals surface area (Å²) in [7, 11) is 1.64. The van der Waals surface area contributed by atoms with E-state index in [4.69, 9.17) is 4.74 Å². The highest BCUT2D eigenvalue weighted by atomic mass is 32.2. The summed E-state index contributed by atoms with van der Waals surface area (Å²) in [6.07, 6.45) is 2.06. The van der Waals surface area contributed by atoms with E-state index in [1.54, 1.807) is 18.9 Å². The second-order valence-electron chi connectivity index (χ2n) is 4.54. The smallest absolute Gasteiger partial charge is 0.121 e. The predicted molar refractivity (Wildman–Crippen MR) is 84.9 cm³/mol. The summed E-state index contributed by atoms with van der Waals surface area (Å²) in [5, 5.41) is 8.70. The van der Waals surface area contributed by atoms with Gasteiger partial charge in [0, 0.05) is 11.0 Å². The van der Waals surface area contributed by atoms with E-state index in [0.717, 1.165) is 17.1 Å². The Morgan fingerprint density at radius 3 is 2.55 bits per heavy atom. The lowest BCUT2D eigenvalue weighted by atomic mass is 10.1. The second-order valence-corrected chi connectivity index (χ2v) is 5.35. The van der Waals surface area contributed by atoms with Crippen LogP contribution in [-0.2, 0) is 0 Å². The molecule has 0 bridgehead atoms. The molecule has 0 radical (unpaired) electrons. The fraction of sp³-hybridized carbons (Fsp3) is 0.250. The molecular formula is C16H18N2OS. The van der Waals surface area contributed by atoms with E-state index < -0.39 is 0 Å². The number of thioether (sulfide) groups is 1. The van der Waals surface area contributed by atoms with E-state index in [1.807, 2.05) is 24.3 Å². The van der Waals surface area contributed by atoms with Gasteiger partial charge in [-0.25, -0.2) is 0 Å². The molecule has 0 spiro atoms. The highest BCUT2D eigenvalue weighted by Crippen LogP contribution is 2.33. The Balaban J connectivity index is 2.35. The Kier molecular flexibility index (Phi) is 4.79. The van der Waals surface area contributed by atoms with Gasteiger partial charge >= 0.3 is 0 Å². The summed E-state index contributed by atoms with van der Waals surface area (Å²) < 4.78 is 5.18. The second kappa shape index (κ2) is 6.57. The van der Waals surface area contributed by atoms with Crippen molar-refractivity contribution in [3.63, 3.8) is 0 Å². The van der Waals surface area contributed by atoms with Crippen LogP contribution >= 0.6 is 11.8 Å². The molecule has 0 aliphatic carbocycles. The third-order valence-corrected chi connectivity index (χ3v) is 3.87. The molecule has 2 aromatic carbocycles. The number of aryl methyl sites for hydroxylation is 2. The number of nitrogens with zero attached hydrogens (tertiary/aromatic N) is 2. The standard InChI is InChI=1S/C16H18N2OS/c1-11-8-12(2)16(20-4)15(9-11)18-17-13-6-5-7-14(10-13)19-3/h5-10H,1-4H3. The largest absolute Gasteiger partial charge is 0.497 e. The number of benzene rings is 2. The number of hydrogen-bond donors (Lipinski definition) is 0. The molecule has 20 heavy (non-hydrogen) atoms. The van der Waals surface area contributed by atoms with Gasteiger partial charge < -0.3 is 4.74 Å². The van der Waals surface area contributed by atoms with Crippen molar-refractivity contribution < 1.29 is 4.74 Å². The summed E-state index contributed by atoms with van der Waals surface area (Å²) in [5.41, 5.74) is 4.13. The molecule has 3 nitrogen and oxygen atoms in total. The first-order valence-electron chi connectivity index (χ1n) is 6.35. The average molecular weight is 286 g/mol. The van der Waals surface area contributed by atoms with E-state index in [-0.39, 0.29) is 0 Å². The van der Waals surface area contributed by atoms with Gasteiger partial charge in [0.25, 0.3) is 0 Å². The minimum Gasteiger partial charge on any atom is -0.497 e. The van der Waals surface area contributed by atoms with Crippen LogP contribution in [0, 0.1) is 13.8 Å². The van der Waals surface area contributed by atoms with Gasteiger partial charge in [0.1, 0.15) is 5.75 Å². The third-order valence-electron chi connectivity index (χ3n) is 2.93.